The van der Waals surface area contributed by atoms with Crippen molar-refractivity contribution in [2.45, 2.75) is 51.6 Å². The van der Waals surface area contributed by atoms with Crippen molar-refractivity contribution in [3.05, 3.63) is 47.0 Å². The molecule has 0 saturated carbocycles. The highest BCUT2D eigenvalue weighted by Crippen LogP contribution is 2.33. The molecule has 4 heteroatoms. The number of aromatic nitrogens is 3. The van der Waals surface area contributed by atoms with E-state index in [1.807, 2.05) is 0 Å². The number of nitrogens with two attached hydrogens (primary N) is 1. The van der Waals surface area contributed by atoms with Gasteiger partial charge in [-0.05, 0) is 44.2 Å². The average molecular weight is 270 g/mol. The van der Waals surface area contributed by atoms with Crippen LogP contribution in [0.3, 0.4) is 0 Å². The molecule has 1 atom stereocenters. The molecule has 106 valence electrons. The predicted molar refractivity (Wildman–Crippen MR) is 79.5 cm³/mol. The van der Waals surface area contributed by atoms with E-state index in [9.17, 15) is 0 Å². The summed E-state index contributed by atoms with van der Waals surface area (Å²) in [4.78, 5) is 0. The SMILES string of the molecule is CC(C)n1c(CN)nnc1C1CCc2ccccc2C1. The molecule has 2 N–H and O–H groups in total. The van der Waals surface area contributed by atoms with Gasteiger partial charge in [0.15, 0.2) is 0 Å². The van der Waals surface area contributed by atoms with E-state index in [1.54, 1.807) is 0 Å². The molecule has 2 aromatic rings. The number of fused-ring (bicyclic) bond motifs is 1. The topological polar surface area (TPSA) is 56.7 Å². The van der Waals surface area contributed by atoms with Crippen LogP contribution in [-0.4, -0.2) is 14.8 Å². The van der Waals surface area contributed by atoms with Crippen LogP contribution in [0.5, 0.6) is 0 Å². The summed E-state index contributed by atoms with van der Waals surface area (Å²) >= 11 is 0. The predicted octanol–water partition coefficient (Wildman–Crippen LogP) is 2.59. The summed E-state index contributed by atoms with van der Waals surface area (Å²) in [6, 6.07) is 9.09. The van der Waals surface area contributed by atoms with E-state index in [0.29, 0.717) is 18.5 Å². The Kier molecular flexibility index (Phi) is 3.57. The molecule has 1 aliphatic carbocycles. The second-order valence-electron chi connectivity index (χ2n) is 5.85. The van der Waals surface area contributed by atoms with Gasteiger partial charge in [-0.3, -0.25) is 0 Å². The number of benzene rings is 1. The Bertz CT molecular complexity index is 600. The molecule has 0 radical (unpaired) electrons. The van der Waals surface area contributed by atoms with Crippen molar-refractivity contribution in [2.75, 3.05) is 0 Å². The van der Waals surface area contributed by atoms with Gasteiger partial charge >= 0.3 is 0 Å². The fourth-order valence-electron chi connectivity index (χ4n) is 3.24. The van der Waals surface area contributed by atoms with Crippen molar-refractivity contribution in [3.63, 3.8) is 0 Å². The Hall–Kier alpha value is -1.68. The van der Waals surface area contributed by atoms with Gasteiger partial charge in [0.2, 0.25) is 0 Å². The first kappa shape index (κ1) is 13.3. The molecule has 1 aromatic heterocycles. The third kappa shape index (κ3) is 2.24. The summed E-state index contributed by atoms with van der Waals surface area (Å²) in [6.07, 6.45) is 3.34. The lowest BCUT2D eigenvalue weighted by Gasteiger charge is -2.25. The molecule has 1 unspecified atom stereocenters. The normalized spacial score (nSPS) is 18.3. The van der Waals surface area contributed by atoms with E-state index in [4.69, 9.17) is 5.73 Å². The molecule has 0 fully saturated rings. The molecule has 0 spiro atoms. The molecule has 1 aliphatic rings. The maximum atomic E-state index is 5.78. The van der Waals surface area contributed by atoms with Gasteiger partial charge in [0.05, 0.1) is 6.54 Å². The van der Waals surface area contributed by atoms with E-state index < -0.39 is 0 Å². The first-order valence-corrected chi connectivity index (χ1v) is 7.41. The number of nitrogens with zero attached hydrogens (tertiary/aromatic N) is 3. The number of hydrogen-bond acceptors (Lipinski definition) is 3. The smallest absolute Gasteiger partial charge is 0.147 e. The van der Waals surface area contributed by atoms with Crippen LogP contribution in [0.4, 0.5) is 0 Å². The zero-order valence-corrected chi connectivity index (χ0v) is 12.2. The van der Waals surface area contributed by atoms with Gasteiger partial charge in [-0.2, -0.15) is 0 Å². The molecule has 0 amide bonds. The van der Waals surface area contributed by atoms with E-state index in [2.05, 4.69) is 52.9 Å². The van der Waals surface area contributed by atoms with Crippen LogP contribution in [-0.2, 0) is 19.4 Å². The molecule has 4 nitrogen and oxygen atoms in total. The highest BCUT2D eigenvalue weighted by atomic mass is 15.3. The Labute approximate surface area is 120 Å². The first-order valence-electron chi connectivity index (χ1n) is 7.41. The van der Waals surface area contributed by atoms with Crippen LogP contribution >= 0.6 is 0 Å². The van der Waals surface area contributed by atoms with Crippen molar-refractivity contribution in [3.8, 4) is 0 Å². The van der Waals surface area contributed by atoms with Crippen molar-refractivity contribution < 1.29 is 0 Å². The largest absolute Gasteiger partial charge is 0.324 e. The molecule has 1 heterocycles. The van der Waals surface area contributed by atoms with E-state index in [1.165, 1.54) is 11.1 Å². The summed E-state index contributed by atoms with van der Waals surface area (Å²) in [7, 11) is 0. The van der Waals surface area contributed by atoms with Crippen molar-refractivity contribution in [1.29, 1.82) is 0 Å². The van der Waals surface area contributed by atoms with Crippen molar-refractivity contribution in [2.24, 2.45) is 5.73 Å². The van der Waals surface area contributed by atoms with Gasteiger partial charge in [-0.25, -0.2) is 0 Å². The standard InChI is InChI=1S/C16H22N4/c1-11(2)20-15(10-17)18-19-16(20)14-8-7-12-5-3-4-6-13(12)9-14/h3-6,11,14H,7-10,17H2,1-2H3. The van der Waals surface area contributed by atoms with Gasteiger partial charge in [0.25, 0.3) is 0 Å². The highest BCUT2D eigenvalue weighted by molar-refractivity contribution is 5.31. The van der Waals surface area contributed by atoms with Crippen molar-refractivity contribution >= 4 is 0 Å². The van der Waals surface area contributed by atoms with Gasteiger partial charge < -0.3 is 10.3 Å². The average Bonchev–Trinajstić information content (AvgIpc) is 2.91. The quantitative estimate of drug-likeness (QED) is 0.932. The molecule has 0 bridgehead atoms. The Morgan fingerprint density at radius 3 is 2.70 bits per heavy atom. The third-order valence-corrected chi connectivity index (χ3v) is 4.20. The summed E-state index contributed by atoms with van der Waals surface area (Å²) < 4.78 is 2.22. The van der Waals surface area contributed by atoms with Crippen LogP contribution in [0.1, 0.15) is 55.0 Å². The van der Waals surface area contributed by atoms with E-state index in [0.717, 1.165) is 30.9 Å². The van der Waals surface area contributed by atoms with Crippen LogP contribution in [0.15, 0.2) is 24.3 Å². The molecule has 1 aromatic carbocycles. The fourth-order valence-corrected chi connectivity index (χ4v) is 3.24. The van der Waals surface area contributed by atoms with Gasteiger partial charge in [-0.1, -0.05) is 24.3 Å². The lowest BCUT2D eigenvalue weighted by molar-refractivity contribution is 0.479. The van der Waals surface area contributed by atoms with E-state index >= 15 is 0 Å². The lowest BCUT2D eigenvalue weighted by atomic mass is 9.83. The zero-order chi connectivity index (χ0) is 14.1. The van der Waals surface area contributed by atoms with Crippen LogP contribution in [0.2, 0.25) is 0 Å². The number of hydrogen-bond donors (Lipinski definition) is 1. The fraction of sp³-hybridized carbons (Fsp3) is 0.500. The Balaban J connectivity index is 1.94. The molecule has 20 heavy (non-hydrogen) atoms. The first-order chi connectivity index (χ1) is 9.70. The summed E-state index contributed by atoms with van der Waals surface area (Å²) in [5.74, 6) is 2.46. The maximum absolute atomic E-state index is 5.78. The van der Waals surface area contributed by atoms with Gasteiger partial charge in [-0.15, -0.1) is 10.2 Å². The van der Waals surface area contributed by atoms with Crippen LogP contribution < -0.4 is 5.73 Å². The second-order valence-corrected chi connectivity index (χ2v) is 5.85. The number of rotatable bonds is 3. The third-order valence-electron chi connectivity index (χ3n) is 4.20. The van der Waals surface area contributed by atoms with Crippen LogP contribution in [0.25, 0.3) is 0 Å². The molecule has 3 rings (SSSR count). The van der Waals surface area contributed by atoms with E-state index in [-0.39, 0.29) is 0 Å². The molecular weight excluding hydrogens is 248 g/mol. The van der Waals surface area contributed by atoms with Crippen molar-refractivity contribution in [1.82, 2.24) is 14.8 Å². The minimum Gasteiger partial charge on any atom is -0.324 e. The summed E-state index contributed by atoms with van der Waals surface area (Å²) in [6.45, 7) is 4.79. The Morgan fingerprint density at radius 1 is 1.25 bits per heavy atom. The van der Waals surface area contributed by atoms with Gasteiger partial charge in [0, 0.05) is 12.0 Å². The van der Waals surface area contributed by atoms with Crippen LogP contribution in [0, 0.1) is 0 Å². The monoisotopic (exact) mass is 270 g/mol. The minimum absolute atomic E-state index is 0.357. The molecule has 0 aliphatic heterocycles. The number of aryl methyl sites for hydroxylation is 1. The summed E-state index contributed by atoms with van der Waals surface area (Å²) in [5, 5.41) is 8.71. The maximum Gasteiger partial charge on any atom is 0.147 e. The minimum atomic E-state index is 0.357. The lowest BCUT2D eigenvalue weighted by Crippen LogP contribution is -2.20. The second kappa shape index (κ2) is 5.37. The molecule has 0 saturated heterocycles. The molecular formula is C16H22N4. The Morgan fingerprint density at radius 2 is 2.00 bits per heavy atom. The summed E-state index contributed by atoms with van der Waals surface area (Å²) in [5.41, 5.74) is 8.72. The zero-order valence-electron chi connectivity index (χ0n) is 12.2. The van der Waals surface area contributed by atoms with Gasteiger partial charge in [0.1, 0.15) is 11.6 Å². The highest BCUT2D eigenvalue weighted by Gasteiger charge is 2.26.